The molecule has 0 spiro atoms. The molecular formula is C23H17N5O2. The monoisotopic (exact) mass is 395 g/mol. The highest BCUT2D eigenvalue weighted by molar-refractivity contribution is 6.04. The van der Waals surface area contributed by atoms with Gasteiger partial charge in [0.25, 0.3) is 5.91 Å². The van der Waals surface area contributed by atoms with E-state index in [1.165, 1.54) is 4.68 Å². The van der Waals surface area contributed by atoms with Crippen molar-refractivity contribution in [1.29, 1.82) is 0 Å². The van der Waals surface area contributed by atoms with Crippen LogP contribution < -0.4 is 10.1 Å². The standard InChI is InChI=1S/C23H17N5O2/c29-23-20(16-4-2-1-3-5-16)15-25-22-14-21(27-28(22)23)26-17-6-8-18(9-7-17)30-19-10-12-24-13-11-19/h1-15,20H,(H,26,27). The number of nitrogens with one attached hydrogen (secondary N) is 1. The summed E-state index contributed by atoms with van der Waals surface area (Å²) in [5.41, 5.74) is 1.72. The predicted molar refractivity (Wildman–Crippen MR) is 114 cm³/mol. The van der Waals surface area contributed by atoms with E-state index < -0.39 is 5.92 Å². The minimum atomic E-state index is -0.434. The number of aliphatic imine (C=N–C) groups is 1. The number of carbonyl (C=O) groups excluding carboxylic acids is 1. The first kappa shape index (κ1) is 17.8. The first-order valence-corrected chi connectivity index (χ1v) is 9.45. The second-order valence-electron chi connectivity index (χ2n) is 6.74. The molecule has 4 aromatic rings. The highest BCUT2D eigenvalue weighted by Crippen LogP contribution is 2.29. The van der Waals surface area contributed by atoms with Gasteiger partial charge in [0.15, 0.2) is 11.6 Å². The Hall–Kier alpha value is -4.26. The summed E-state index contributed by atoms with van der Waals surface area (Å²) in [6.45, 7) is 0. The van der Waals surface area contributed by atoms with Crippen molar-refractivity contribution >= 4 is 29.4 Å². The second kappa shape index (κ2) is 7.63. The number of anilines is 2. The van der Waals surface area contributed by atoms with Crippen LogP contribution in [0.15, 0.2) is 90.2 Å². The maximum absolute atomic E-state index is 12.9. The molecule has 3 heterocycles. The summed E-state index contributed by atoms with van der Waals surface area (Å²) >= 11 is 0. The zero-order chi connectivity index (χ0) is 20.3. The average molecular weight is 395 g/mol. The summed E-state index contributed by atoms with van der Waals surface area (Å²) in [6, 6.07) is 22.4. The first-order valence-electron chi connectivity index (χ1n) is 9.45. The van der Waals surface area contributed by atoms with E-state index in [4.69, 9.17) is 4.74 Å². The van der Waals surface area contributed by atoms with E-state index in [0.29, 0.717) is 17.4 Å². The largest absolute Gasteiger partial charge is 0.457 e. The fraction of sp³-hybridized carbons (Fsp3) is 0.0435. The lowest BCUT2D eigenvalue weighted by Gasteiger charge is -2.15. The zero-order valence-corrected chi connectivity index (χ0v) is 15.8. The van der Waals surface area contributed by atoms with Gasteiger partial charge in [-0.05, 0) is 42.0 Å². The maximum atomic E-state index is 12.9. The van der Waals surface area contributed by atoms with Crippen LogP contribution in [0.5, 0.6) is 11.5 Å². The van der Waals surface area contributed by atoms with Crippen molar-refractivity contribution in [1.82, 2.24) is 14.8 Å². The van der Waals surface area contributed by atoms with E-state index in [-0.39, 0.29) is 5.91 Å². The van der Waals surface area contributed by atoms with E-state index in [1.54, 1.807) is 36.8 Å². The van der Waals surface area contributed by atoms with Gasteiger partial charge in [-0.3, -0.25) is 9.78 Å². The Labute approximate surface area is 172 Å². The lowest BCUT2D eigenvalue weighted by molar-refractivity contribution is 0.0888. The van der Waals surface area contributed by atoms with E-state index in [2.05, 4.69) is 20.4 Å². The molecule has 0 fully saturated rings. The molecule has 1 atom stereocenters. The number of hydrogen-bond donors (Lipinski definition) is 1. The van der Waals surface area contributed by atoms with Gasteiger partial charge in [0.2, 0.25) is 0 Å². The summed E-state index contributed by atoms with van der Waals surface area (Å²) in [7, 11) is 0. The number of aromatic nitrogens is 3. The minimum absolute atomic E-state index is 0.125. The van der Waals surface area contributed by atoms with Crippen molar-refractivity contribution in [2.75, 3.05) is 5.32 Å². The molecule has 1 aliphatic heterocycles. The van der Waals surface area contributed by atoms with Gasteiger partial charge in [0.05, 0.1) is 0 Å². The Kier molecular flexibility index (Phi) is 4.53. The van der Waals surface area contributed by atoms with Crippen LogP contribution in [0, 0.1) is 0 Å². The first-order chi connectivity index (χ1) is 14.8. The van der Waals surface area contributed by atoms with Gasteiger partial charge in [-0.25, -0.2) is 4.99 Å². The molecule has 1 unspecified atom stereocenters. The van der Waals surface area contributed by atoms with Crippen LogP contribution in [-0.4, -0.2) is 26.9 Å². The lowest BCUT2D eigenvalue weighted by Crippen LogP contribution is -2.25. The number of fused-ring (bicyclic) bond motifs is 1. The molecule has 2 aromatic heterocycles. The number of benzene rings is 2. The highest BCUT2D eigenvalue weighted by atomic mass is 16.5. The van der Waals surface area contributed by atoms with E-state index >= 15 is 0 Å². The zero-order valence-electron chi connectivity index (χ0n) is 15.8. The van der Waals surface area contributed by atoms with Crippen LogP contribution in [0.25, 0.3) is 0 Å². The van der Waals surface area contributed by atoms with Crippen molar-refractivity contribution in [3.8, 4) is 11.5 Å². The number of hydrogen-bond acceptors (Lipinski definition) is 6. The Bertz CT molecular complexity index is 1200. The van der Waals surface area contributed by atoms with Crippen molar-refractivity contribution in [3.05, 3.63) is 90.8 Å². The van der Waals surface area contributed by atoms with Crippen molar-refractivity contribution in [2.24, 2.45) is 4.99 Å². The summed E-state index contributed by atoms with van der Waals surface area (Å²) in [6.07, 6.45) is 5.03. The molecule has 1 N–H and O–H groups in total. The van der Waals surface area contributed by atoms with Crippen LogP contribution >= 0.6 is 0 Å². The van der Waals surface area contributed by atoms with Crippen LogP contribution in [0.1, 0.15) is 16.3 Å². The third kappa shape index (κ3) is 3.56. The average Bonchev–Trinajstić information content (AvgIpc) is 3.20. The van der Waals surface area contributed by atoms with Gasteiger partial charge in [-0.15, -0.1) is 5.10 Å². The highest BCUT2D eigenvalue weighted by Gasteiger charge is 2.27. The van der Waals surface area contributed by atoms with Crippen LogP contribution in [-0.2, 0) is 0 Å². The minimum Gasteiger partial charge on any atom is -0.457 e. The molecule has 0 amide bonds. The van der Waals surface area contributed by atoms with E-state index in [9.17, 15) is 4.79 Å². The molecule has 5 rings (SSSR count). The quantitative estimate of drug-likeness (QED) is 0.517. The summed E-state index contributed by atoms with van der Waals surface area (Å²) in [5, 5.41) is 7.60. The van der Waals surface area contributed by atoms with Gasteiger partial charge < -0.3 is 10.1 Å². The molecule has 7 heteroatoms. The molecule has 0 bridgehead atoms. The smallest absolute Gasteiger partial charge is 0.261 e. The van der Waals surface area contributed by atoms with Crippen LogP contribution in [0.3, 0.4) is 0 Å². The molecule has 2 aromatic carbocycles. The Morgan fingerprint density at radius 1 is 0.900 bits per heavy atom. The Morgan fingerprint density at radius 3 is 2.40 bits per heavy atom. The van der Waals surface area contributed by atoms with Gasteiger partial charge >= 0.3 is 0 Å². The van der Waals surface area contributed by atoms with Gasteiger partial charge in [-0.1, -0.05) is 30.3 Å². The normalized spacial score (nSPS) is 14.9. The maximum Gasteiger partial charge on any atom is 0.261 e. The number of pyridine rings is 1. The van der Waals surface area contributed by atoms with Gasteiger partial charge in [-0.2, -0.15) is 4.68 Å². The van der Waals surface area contributed by atoms with E-state index in [1.807, 2.05) is 54.6 Å². The van der Waals surface area contributed by atoms with Gasteiger partial charge in [0.1, 0.15) is 17.4 Å². The Morgan fingerprint density at radius 2 is 1.63 bits per heavy atom. The number of ether oxygens (including phenoxy) is 1. The molecule has 0 radical (unpaired) electrons. The van der Waals surface area contributed by atoms with Gasteiger partial charge in [0, 0.05) is 30.4 Å². The lowest BCUT2D eigenvalue weighted by atomic mass is 9.99. The fourth-order valence-electron chi connectivity index (χ4n) is 3.22. The fourth-order valence-corrected chi connectivity index (χ4v) is 3.22. The number of carbonyl (C=O) groups is 1. The van der Waals surface area contributed by atoms with Crippen molar-refractivity contribution in [2.45, 2.75) is 5.92 Å². The third-order valence-electron chi connectivity index (χ3n) is 4.69. The van der Waals surface area contributed by atoms with E-state index in [0.717, 1.165) is 17.0 Å². The molecule has 0 saturated heterocycles. The molecule has 30 heavy (non-hydrogen) atoms. The SMILES string of the molecule is O=C1C(c2ccccc2)C=Nc2cc(Nc3ccc(Oc4ccncc4)cc3)nn21. The Balaban J connectivity index is 1.31. The number of nitrogens with zero attached hydrogens (tertiary/aromatic N) is 4. The third-order valence-corrected chi connectivity index (χ3v) is 4.69. The summed E-state index contributed by atoms with van der Waals surface area (Å²) in [4.78, 5) is 21.2. The topological polar surface area (TPSA) is 81.4 Å². The molecule has 0 saturated carbocycles. The summed E-state index contributed by atoms with van der Waals surface area (Å²) in [5.74, 6) is 1.92. The molecule has 1 aliphatic rings. The van der Waals surface area contributed by atoms with Crippen molar-refractivity contribution in [3.63, 3.8) is 0 Å². The molecule has 146 valence electrons. The molecule has 7 nitrogen and oxygen atoms in total. The predicted octanol–water partition coefficient (Wildman–Crippen LogP) is 4.95. The molecular weight excluding hydrogens is 378 g/mol. The van der Waals surface area contributed by atoms with Crippen LogP contribution in [0.4, 0.5) is 17.3 Å². The van der Waals surface area contributed by atoms with Crippen LogP contribution in [0.2, 0.25) is 0 Å². The summed E-state index contributed by atoms with van der Waals surface area (Å²) < 4.78 is 7.11. The second-order valence-corrected chi connectivity index (χ2v) is 6.74. The molecule has 0 aliphatic carbocycles. The number of rotatable bonds is 5. The van der Waals surface area contributed by atoms with Crippen molar-refractivity contribution < 1.29 is 9.53 Å².